The number of nitrogens with one attached hydrogen (secondary N) is 1. The molecule has 0 aliphatic rings. The molecule has 5 N–H and O–H groups in total. The van der Waals surface area contributed by atoms with Crippen molar-refractivity contribution in [3.8, 4) is 0 Å². The van der Waals surface area contributed by atoms with E-state index in [0.29, 0.717) is 18.1 Å². The van der Waals surface area contributed by atoms with Gasteiger partial charge in [-0.15, -0.1) is 0 Å². The van der Waals surface area contributed by atoms with Crippen LogP contribution in [0.15, 0.2) is 0 Å². The third-order valence-corrected chi connectivity index (χ3v) is 2.79. The molecule has 0 spiro atoms. The van der Waals surface area contributed by atoms with Crippen molar-refractivity contribution >= 4 is 17.7 Å². The van der Waals surface area contributed by atoms with Crippen LogP contribution >= 0.6 is 11.8 Å². The van der Waals surface area contributed by atoms with E-state index in [4.69, 9.17) is 15.9 Å². The molecule has 0 aliphatic heterocycles. The zero-order chi connectivity index (χ0) is 11.0. The number of thioether (sulfide) groups is 1. The molecule has 0 fully saturated rings. The number of amides is 1. The summed E-state index contributed by atoms with van der Waals surface area (Å²) in [5, 5.41) is 20.5. The number of rotatable bonds is 8. The van der Waals surface area contributed by atoms with Gasteiger partial charge in [-0.05, 0) is 6.54 Å². The smallest absolute Gasteiger partial charge is 0.235 e. The maximum Gasteiger partial charge on any atom is 0.235 e. The summed E-state index contributed by atoms with van der Waals surface area (Å²) >= 11 is 1.39. The number of hydrogen-bond acceptors (Lipinski definition) is 5. The van der Waals surface area contributed by atoms with Crippen LogP contribution in [-0.2, 0) is 4.79 Å². The van der Waals surface area contributed by atoms with Crippen LogP contribution < -0.4 is 11.1 Å². The minimum Gasteiger partial charge on any atom is -0.394 e. The number of nitrogens with two attached hydrogens (primary N) is 1. The van der Waals surface area contributed by atoms with Gasteiger partial charge in [-0.25, -0.2) is 0 Å². The molecule has 1 amide bonds. The maximum atomic E-state index is 10.9. The highest BCUT2D eigenvalue weighted by Gasteiger charge is 2.14. The fourth-order valence-electron chi connectivity index (χ4n) is 0.863. The standard InChI is InChI=1S/C8H18N2O3S/c1-2-10-7(8(9)13)5-14-4-6(12)3-11/h6-7,10-12H,2-5H2,1H3,(H2,9,13). The van der Waals surface area contributed by atoms with Crippen LogP contribution in [-0.4, -0.2) is 52.9 Å². The number of likely N-dealkylation sites (N-methyl/N-ethyl adjacent to an activating group) is 1. The highest BCUT2D eigenvalue weighted by Crippen LogP contribution is 2.05. The van der Waals surface area contributed by atoms with E-state index in [1.165, 1.54) is 11.8 Å². The molecule has 0 aromatic carbocycles. The molecular formula is C8H18N2O3S. The second-order valence-corrected chi connectivity index (χ2v) is 3.96. The first-order valence-electron chi connectivity index (χ1n) is 4.51. The topological polar surface area (TPSA) is 95.6 Å². The van der Waals surface area contributed by atoms with Crippen LogP contribution in [0.1, 0.15) is 6.92 Å². The number of aliphatic hydroxyl groups is 2. The average Bonchev–Trinajstić information content (AvgIpc) is 2.16. The largest absolute Gasteiger partial charge is 0.394 e. The molecule has 5 nitrogen and oxygen atoms in total. The van der Waals surface area contributed by atoms with E-state index in [1.807, 2.05) is 6.92 Å². The molecule has 2 atom stereocenters. The van der Waals surface area contributed by atoms with Gasteiger partial charge in [0.1, 0.15) is 0 Å². The number of carbonyl (C=O) groups is 1. The summed E-state index contributed by atoms with van der Waals surface area (Å²) in [6.07, 6.45) is -0.727. The molecule has 0 aliphatic carbocycles. The molecule has 0 aromatic heterocycles. The highest BCUT2D eigenvalue weighted by molar-refractivity contribution is 7.99. The Labute approximate surface area is 88.1 Å². The Morgan fingerprint density at radius 1 is 1.57 bits per heavy atom. The SMILES string of the molecule is CCNC(CSCC(O)CO)C(N)=O. The van der Waals surface area contributed by atoms with Gasteiger partial charge in [0.2, 0.25) is 5.91 Å². The summed E-state index contributed by atoms with van der Waals surface area (Å²) in [4.78, 5) is 10.9. The summed E-state index contributed by atoms with van der Waals surface area (Å²) in [5.41, 5.74) is 5.15. The van der Waals surface area contributed by atoms with Gasteiger partial charge in [-0.2, -0.15) is 11.8 Å². The Bertz CT molecular complexity index is 169. The monoisotopic (exact) mass is 222 g/mol. The van der Waals surface area contributed by atoms with Crippen molar-refractivity contribution in [3.63, 3.8) is 0 Å². The Balaban J connectivity index is 3.66. The van der Waals surface area contributed by atoms with Crippen molar-refractivity contribution < 1.29 is 15.0 Å². The summed E-state index contributed by atoms with van der Waals surface area (Å²) < 4.78 is 0. The molecule has 0 bridgehead atoms. The Morgan fingerprint density at radius 3 is 2.64 bits per heavy atom. The molecule has 0 saturated carbocycles. The van der Waals surface area contributed by atoms with Gasteiger partial charge in [0, 0.05) is 11.5 Å². The first-order valence-corrected chi connectivity index (χ1v) is 5.66. The van der Waals surface area contributed by atoms with E-state index in [0.717, 1.165) is 0 Å². The summed E-state index contributed by atoms with van der Waals surface area (Å²) in [5.74, 6) is 0.532. The van der Waals surface area contributed by atoms with E-state index in [9.17, 15) is 4.79 Å². The van der Waals surface area contributed by atoms with Crippen LogP contribution in [0.3, 0.4) is 0 Å². The second-order valence-electron chi connectivity index (χ2n) is 2.89. The van der Waals surface area contributed by atoms with Gasteiger partial charge < -0.3 is 21.3 Å². The van der Waals surface area contributed by atoms with Crippen molar-refractivity contribution in [2.24, 2.45) is 5.73 Å². The number of carbonyl (C=O) groups excluding carboxylic acids is 1. The van der Waals surface area contributed by atoms with Crippen molar-refractivity contribution in [2.45, 2.75) is 19.1 Å². The minimum absolute atomic E-state index is 0.255. The van der Waals surface area contributed by atoms with Crippen LogP contribution in [0.5, 0.6) is 0 Å². The fraction of sp³-hybridized carbons (Fsp3) is 0.875. The zero-order valence-corrected chi connectivity index (χ0v) is 9.09. The van der Waals surface area contributed by atoms with Gasteiger partial charge in [0.05, 0.1) is 18.8 Å². The van der Waals surface area contributed by atoms with Crippen molar-refractivity contribution in [1.82, 2.24) is 5.32 Å². The lowest BCUT2D eigenvalue weighted by molar-refractivity contribution is -0.119. The van der Waals surface area contributed by atoms with Crippen molar-refractivity contribution in [3.05, 3.63) is 0 Å². The van der Waals surface area contributed by atoms with E-state index < -0.39 is 12.0 Å². The average molecular weight is 222 g/mol. The van der Waals surface area contributed by atoms with Gasteiger partial charge >= 0.3 is 0 Å². The highest BCUT2D eigenvalue weighted by atomic mass is 32.2. The van der Waals surface area contributed by atoms with Crippen LogP contribution in [0.4, 0.5) is 0 Å². The molecule has 2 unspecified atom stereocenters. The fourth-order valence-corrected chi connectivity index (χ4v) is 1.89. The summed E-state index contributed by atoms with van der Waals surface area (Å²) in [6.45, 7) is 2.31. The lowest BCUT2D eigenvalue weighted by Crippen LogP contribution is -2.43. The Morgan fingerprint density at radius 2 is 2.21 bits per heavy atom. The Kier molecular flexibility index (Phi) is 7.87. The van der Waals surface area contributed by atoms with Crippen LogP contribution in [0, 0.1) is 0 Å². The Hall–Kier alpha value is -0.300. The van der Waals surface area contributed by atoms with Gasteiger partial charge in [0.15, 0.2) is 0 Å². The van der Waals surface area contributed by atoms with Crippen molar-refractivity contribution in [2.75, 3.05) is 24.7 Å². The summed E-state index contributed by atoms with van der Waals surface area (Å²) in [7, 11) is 0. The van der Waals surface area contributed by atoms with Crippen LogP contribution in [0.25, 0.3) is 0 Å². The quantitative estimate of drug-likeness (QED) is 0.402. The zero-order valence-electron chi connectivity index (χ0n) is 8.27. The molecule has 84 valence electrons. The van der Waals surface area contributed by atoms with E-state index in [-0.39, 0.29) is 12.6 Å². The second kappa shape index (κ2) is 8.05. The molecule has 6 heteroatoms. The third-order valence-electron chi connectivity index (χ3n) is 1.60. The molecule has 0 rings (SSSR count). The lowest BCUT2D eigenvalue weighted by Gasteiger charge is -2.14. The molecule has 14 heavy (non-hydrogen) atoms. The third kappa shape index (κ3) is 6.20. The van der Waals surface area contributed by atoms with Gasteiger partial charge in [-0.3, -0.25) is 4.79 Å². The molecule has 0 aromatic rings. The number of hydrogen-bond donors (Lipinski definition) is 4. The maximum absolute atomic E-state index is 10.9. The van der Waals surface area contributed by atoms with Crippen molar-refractivity contribution in [1.29, 1.82) is 0 Å². The van der Waals surface area contributed by atoms with Crippen LogP contribution in [0.2, 0.25) is 0 Å². The number of aliphatic hydroxyl groups excluding tert-OH is 2. The lowest BCUT2D eigenvalue weighted by atomic mass is 10.3. The predicted octanol–water partition coefficient (Wildman–Crippen LogP) is -1.46. The van der Waals surface area contributed by atoms with E-state index in [1.54, 1.807) is 0 Å². The number of primary amides is 1. The molecule has 0 saturated heterocycles. The normalized spacial score (nSPS) is 15.1. The molecule has 0 radical (unpaired) electrons. The van der Waals surface area contributed by atoms with E-state index in [2.05, 4.69) is 5.32 Å². The van der Waals surface area contributed by atoms with Gasteiger partial charge in [0.25, 0.3) is 0 Å². The summed E-state index contributed by atoms with van der Waals surface area (Å²) in [6, 6.07) is -0.365. The van der Waals surface area contributed by atoms with Gasteiger partial charge in [-0.1, -0.05) is 6.92 Å². The first-order chi connectivity index (χ1) is 6.61. The predicted molar refractivity (Wildman–Crippen MR) is 57.1 cm³/mol. The molecular weight excluding hydrogens is 204 g/mol. The molecule has 0 heterocycles. The first kappa shape index (κ1) is 13.7. The van der Waals surface area contributed by atoms with E-state index >= 15 is 0 Å². The minimum atomic E-state index is -0.727.